The highest BCUT2D eigenvalue weighted by Gasteiger charge is 2.29. The molecule has 2 aliphatic rings. The SMILES string of the molecule is Cc1ccc(-c2cc3cnc(Nc4ccc(OC5CCN(C)CC5)cc4)nc3n(C3CC(=O)c4ccccc4C3)c2=O)c(Cl)c1. The van der Waals surface area contributed by atoms with Crippen molar-refractivity contribution in [1.29, 1.82) is 0 Å². The van der Waals surface area contributed by atoms with Crippen LogP contribution in [0.25, 0.3) is 22.2 Å². The van der Waals surface area contributed by atoms with Crippen molar-refractivity contribution in [3.05, 3.63) is 111 Å². The number of nitrogens with zero attached hydrogens (tertiary/aromatic N) is 4. The van der Waals surface area contributed by atoms with Crippen molar-refractivity contribution in [3.63, 3.8) is 0 Å². The first-order valence-corrected chi connectivity index (χ1v) is 15.7. The number of carbonyl (C=O) groups excluding carboxylic acids is 1. The van der Waals surface area contributed by atoms with Crippen LogP contribution in [-0.4, -0.2) is 51.5 Å². The monoisotopic (exact) mass is 619 g/mol. The number of anilines is 2. The minimum Gasteiger partial charge on any atom is -0.490 e. The fraction of sp³-hybridized carbons (Fsp3) is 0.278. The first-order chi connectivity index (χ1) is 21.8. The molecule has 7 rings (SSSR count). The van der Waals surface area contributed by atoms with E-state index in [0.717, 1.165) is 48.5 Å². The molecule has 1 N–H and O–H groups in total. The first-order valence-electron chi connectivity index (χ1n) is 15.3. The van der Waals surface area contributed by atoms with E-state index in [-0.39, 0.29) is 23.9 Å². The van der Waals surface area contributed by atoms with Gasteiger partial charge in [0.1, 0.15) is 17.5 Å². The average Bonchev–Trinajstić information content (AvgIpc) is 3.03. The highest BCUT2D eigenvalue weighted by molar-refractivity contribution is 6.33. The molecule has 0 amide bonds. The second kappa shape index (κ2) is 12.1. The number of hydrogen-bond donors (Lipinski definition) is 1. The van der Waals surface area contributed by atoms with Gasteiger partial charge in [0.25, 0.3) is 5.56 Å². The minimum absolute atomic E-state index is 0.00984. The van der Waals surface area contributed by atoms with E-state index in [1.807, 2.05) is 73.7 Å². The van der Waals surface area contributed by atoms with E-state index in [9.17, 15) is 9.59 Å². The minimum atomic E-state index is -0.412. The van der Waals surface area contributed by atoms with E-state index in [2.05, 4.69) is 22.2 Å². The molecule has 0 radical (unpaired) electrons. The number of aryl methyl sites for hydroxylation is 1. The van der Waals surface area contributed by atoms with Gasteiger partial charge in [0, 0.05) is 58.5 Å². The maximum absolute atomic E-state index is 14.3. The predicted molar refractivity (Wildman–Crippen MR) is 178 cm³/mol. The number of Topliss-reactive ketones (excluding diaryl/α,β-unsaturated/α-hetero) is 1. The summed E-state index contributed by atoms with van der Waals surface area (Å²) in [6.45, 7) is 4.03. The predicted octanol–water partition coefficient (Wildman–Crippen LogP) is 7.01. The molecule has 1 fully saturated rings. The molecule has 0 saturated carbocycles. The molecule has 1 aliphatic carbocycles. The molecule has 0 bridgehead atoms. The number of ketones is 1. The number of pyridine rings is 1. The van der Waals surface area contributed by atoms with Gasteiger partial charge in [-0.2, -0.15) is 4.98 Å². The van der Waals surface area contributed by atoms with Crippen molar-refractivity contribution in [1.82, 2.24) is 19.4 Å². The van der Waals surface area contributed by atoms with Crippen LogP contribution in [0.2, 0.25) is 5.02 Å². The van der Waals surface area contributed by atoms with E-state index in [1.165, 1.54) is 0 Å². The van der Waals surface area contributed by atoms with Gasteiger partial charge >= 0.3 is 0 Å². The molecule has 1 atom stereocenters. The van der Waals surface area contributed by atoms with Crippen molar-refractivity contribution < 1.29 is 9.53 Å². The van der Waals surface area contributed by atoms with Crippen LogP contribution in [0.3, 0.4) is 0 Å². The van der Waals surface area contributed by atoms with Gasteiger partial charge in [-0.3, -0.25) is 14.2 Å². The lowest BCUT2D eigenvalue weighted by atomic mass is 9.87. The lowest BCUT2D eigenvalue weighted by molar-refractivity contribution is 0.0951. The van der Waals surface area contributed by atoms with E-state index < -0.39 is 6.04 Å². The van der Waals surface area contributed by atoms with Crippen LogP contribution in [0.5, 0.6) is 5.75 Å². The second-order valence-electron chi connectivity index (χ2n) is 12.1. The van der Waals surface area contributed by atoms with Crippen LogP contribution in [0, 0.1) is 6.92 Å². The largest absolute Gasteiger partial charge is 0.490 e. The van der Waals surface area contributed by atoms with Crippen molar-refractivity contribution in [2.45, 2.75) is 44.8 Å². The van der Waals surface area contributed by atoms with Crippen LogP contribution in [0.4, 0.5) is 11.6 Å². The number of halogens is 1. The molecular formula is C36H34ClN5O3. The lowest BCUT2D eigenvalue weighted by Gasteiger charge is -2.29. The fourth-order valence-electron chi connectivity index (χ4n) is 6.39. The Hall–Kier alpha value is -4.53. The molecule has 45 heavy (non-hydrogen) atoms. The third-order valence-electron chi connectivity index (χ3n) is 8.83. The highest BCUT2D eigenvalue weighted by atomic mass is 35.5. The summed E-state index contributed by atoms with van der Waals surface area (Å²) in [5.74, 6) is 1.19. The Balaban J connectivity index is 1.25. The zero-order valence-electron chi connectivity index (χ0n) is 25.3. The Morgan fingerprint density at radius 2 is 1.69 bits per heavy atom. The van der Waals surface area contributed by atoms with Gasteiger partial charge in [-0.15, -0.1) is 0 Å². The highest BCUT2D eigenvalue weighted by Crippen LogP contribution is 2.33. The first kappa shape index (κ1) is 29.2. The molecule has 228 valence electrons. The van der Waals surface area contributed by atoms with Crippen LogP contribution in [0.15, 0.2) is 83.8 Å². The van der Waals surface area contributed by atoms with Gasteiger partial charge < -0.3 is 15.0 Å². The van der Waals surface area contributed by atoms with Gasteiger partial charge in [0.05, 0.1) is 6.04 Å². The molecule has 5 aromatic rings. The molecule has 1 unspecified atom stereocenters. The maximum Gasteiger partial charge on any atom is 0.260 e. The number of nitrogens with one attached hydrogen (secondary N) is 1. The normalized spacial score (nSPS) is 17.3. The molecule has 0 spiro atoms. The summed E-state index contributed by atoms with van der Waals surface area (Å²) >= 11 is 6.65. The third-order valence-corrected chi connectivity index (χ3v) is 9.14. The number of rotatable bonds is 6. The summed E-state index contributed by atoms with van der Waals surface area (Å²) in [5.41, 5.74) is 4.73. The van der Waals surface area contributed by atoms with Crippen molar-refractivity contribution in [3.8, 4) is 16.9 Å². The number of aromatic nitrogens is 3. The van der Waals surface area contributed by atoms with Crippen LogP contribution < -0.4 is 15.6 Å². The standard InChI is InChI=1S/C36H34ClN5O3/c1-22-7-12-30(32(37)17-22)31-19-24-21-38-36(39-25-8-10-27(11-9-25)45-28-13-15-41(2)16-14-28)40-34(24)42(35(31)44)26-18-23-5-3-4-6-29(23)33(43)20-26/h3-12,17,19,21,26,28H,13-16,18,20H2,1-2H3,(H,38,39,40). The summed E-state index contributed by atoms with van der Waals surface area (Å²) in [6.07, 6.45) is 4.69. The van der Waals surface area contributed by atoms with E-state index in [4.69, 9.17) is 21.3 Å². The van der Waals surface area contributed by atoms with E-state index >= 15 is 0 Å². The molecule has 2 aromatic heterocycles. The Morgan fingerprint density at radius 3 is 2.47 bits per heavy atom. The quantitative estimate of drug-likeness (QED) is 0.219. The molecule has 8 nitrogen and oxygen atoms in total. The summed E-state index contributed by atoms with van der Waals surface area (Å²) in [6, 6.07) is 22.4. The van der Waals surface area contributed by atoms with E-state index in [1.54, 1.807) is 16.8 Å². The van der Waals surface area contributed by atoms with Gasteiger partial charge in [-0.25, -0.2) is 4.98 Å². The third kappa shape index (κ3) is 5.95. The second-order valence-corrected chi connectivity index (χ2v) is 12.5. The summed E-state index contributed by atoms with van der Waals surface area (Å²) in [5, 5.41) is 4.45. The number of piperidine rings is 1. The van der Waals surface area contributed by atoms with Crippen LogP contribution >= 0.6 is 11.6 Å². The Bertz CT molecular complexity index is 1970. The fourth-order valence-corrected chi connectivity index (χ4v) is 6.73. The number of ether oxygens (including phenoxy) is 1. The Labute approximate surface area is 266 Å². The van der Waals surface area contributed by atoms with Gasteiger partial charge in [-0.1, -0.05) is 48.0 Å². The Morgan fingerprint density at radius 1 is 0.911 bits per heavy atom. The summed E-state index contributed by atoms with van der Waals surface area (Å²) in [4.78, 5) is 39.3. The molecule has 1 saturated heterocycles. The zero-order chi connectivity index (χ0) is 31.1. The van der Waals surface area contributed by atoms with Gasteiger partial charge in [0.15, 0.2) is 5.78 Å². The molecular weight excluding hydrogens is 586 g/mol. The topological polar surface area (TPSA) is 89.3 Å². The number of carbonyl (C=O) groups is 1. The van der Waals surface area contributed by atoms with Crippen LogP contribution in [-0.2, 0) is 6.42 Å². The van der Waals surface area contributed by atoms with Crippen LogP contribution in [0.1, 0.15) is 46.8 Å². The number of hydrogen-bond acceptors (Lipinski definition) is 7. The van der Waals surface area contributed by atoms with Gasteiger partial charge in [0.2, 0.25) is 5.95 Å². The average molecular weight is 620 g/mol. The number of likely N-dealkylation sites (tertiary alicyclic amines) is 1. The molecule has 3 heterocycles. The number of fused-ring (bicyclic) bond motifs is 2. The summed E-state index contributed by atoms with van der Waals surface area (Å²) in [7, 11) is 2.14. The molecule has 1 aliphatic heterocycles. The van der Waals surface area contributed by atoms with Gasteiger partial charge in [-0.05, 0) is 80.8 Å². The molecule has 3 aromatic carbocycles. The number of benzene rings is 3. The molecule has 9 heteroatoms. The van der Waals surface area contributed by atoms with Crippen molar-refractivity contribution >= 4 is 40.1 Å². The maximum atomic E-state index is 14.3. The summed E-state index contributed by atoms with van der Waals surface area (Å²) < 4.78 is 7.86. The Kier molecular flexibility index (Phi) is 7.85. The van der Waals surface area contributed by atoms with E-state index in [0.29, 0.717) is 45.1 Å². The van der Waals surface area contributed by atoms with Crippen molar-refractivity contribution in [2.75, 3.05) is 25.5 Å². The zero-order valence-corrected chi connectivity index (χ0v) is 26.1. The lowest BCUT2D eigenvalue weighted by Crippen LogP contribution is -2.35. The smallest absolute Gasteiger partial charge is 0.260 e. The van der Waals surface area contributed by atoms with Crippen molar-refractivity contribution in [2.24, 2.45) is 0 Å².